The highest BCUT2D eigenvalue weighted by atomic mass is 32.2. The molecular weight excluding hydrogens is 399 g/mol. The van der Waals surface area contributed by atoms with Crippen molar-refractivity contribution in [2.45, 2.75) is 5.03 Å². The van der Waals surface area contributed by atoms with Crippen LogP contribution >= 0.6 is 11.8 Å². The first kappa shape index (κ1) is 20.1. The number of nitrogens with zero attached hydrogens (tertiary/aromatic N) is 3. The Morgan fingerprint density at radius 2 is 1.79 bits per heavy atom. The number of thioether (sulfide) groups is 1. The first-order valence-corrected chi connectivity index (χ1v) is 9.22. The number of hydrogen-bond acceptors (Lipinski definition) is 7. The molecule has 0 aliphatic rings. The van der Waals surface area contributed by atoms with E-state index in [2.05, 4.69) is 15.5 Å². The van der Waals surface area contributed by atoms with Crippen molar-refractivity contribution in [2.75, 3.05) is 11.1 Å². The summed E-state index contributed by atoms with van der Waals surface area (Å²) < 4.78 is 13.2. The first-order chi connectivity index (χ1) is 13.9. The van der Waals surface area contributed by atoms with Crippen LogP contribution in [-0.4, -0.2) is 32.6 Å². The van der Waals surface area contributed by atoms with Gasteiger partial charge in [-0.05, 0) is 30.3 Å². The molecular formula is C19H13FN4O4S. The van der Waals surface area contributed by atoms with E-state index in [0.717, 1.165) is 17.8 Å². The lowest BCUT2D eigenvalue weighted by Gasteiger charge is -2.05. The lowest BCUT2D eigenvalue weighted by Crippen LogP contribution is -2.13. The predicted octanol–water partition coefficient (Wildman–Crippen LogP) is 3.75. The lowest BCUT2D eigenvalue weighted by atomic mass is 10.1. The van der Waals surface area contributed by atoms with E-state index in [1.165, 1.54) is 48.5 Å². The number of nitro benzene ring substituents is 1. The van der Waals surface area contributed by atoms with Gasteiger partial charge >= 0.3 is 0 Å². The second kappa shape index (κ2) is 9.02. The number of aromatic nitrogens is 2. The maximum absolute atomic E-state index is 13.2. The van der Waals surface area contributed by atoms with Crippen molar-refractivity contribution < 1.29 is 18.9 Å². The zero-order valence-electron chi connectivity index (χ0n) is 14.7. The number of hydrogen-bond donors (Lipinski definition) is 1. The van der Waals surface area contributed by atoms with E-state index in [-0.39, 0.29) is 34.2 Å². The van der Waals surface area contributed by atoms with E-state index >= 15 is 0 Å². The van der Waals surface area contributed by atoms with Gasteiger partial charge in [0.25, 0.3) is 11.6 Å². The van der Waals surface area contributed by atoms with Crippen molar-refractivity contribution in [1.29, 1.82) is 0 Å². The highest BCUT2D eigenvalue weighted by molar-refractivity contribution is 7.99. The number of carbonyl (C=O) groups excluding carboxylic acids is 2. The molecule has 0 bridgehead atoms. The molecule has 0 saturated heterocycles. The lowest BCUT2D eigenvalue weighted by molar-refractivity contribution is -0.384. The average molecular weight is 412 g/mol. The Kier molecular flexibility index (Phi) is 6.25. The summed E-state index contributed by atoms with van der Waals surface area (Å²) >= 11 is 1.11. The molecule has 0 aliphatic carbocycles. The number of non-ortho nitro benzene ring substituents is 1. The summed E-state index contributed by atoms with van der Waals surface area (Å²) in [6, 6.07) is 13.8. The molecule has 29 heavy (non-hydrogen) atoms. The number of halogens is 1. The monoisotopic (exact) mass is 412 g/mol. The molecule has 0 aliphatic heterocycles. The van der Waals surface area contributed by atoms with Gasteiger partial charge in [-0.3, -0.25) is 19.7 Å². The molecule has 10 heteroatoms. The van der Waals surface area contributed by atoms with E-state index in [0.29, 0.717) is 5.03 Å². The largest absolute Gasteiger partial charge is 0.305 e. The van der Waals surface area contributed by atoms with E-state index in [4.69, 9.17) is 0 Å². The zero-order valence-corrected chi connectivity index (χ0v) is 15.6. The Hall–Kier alpha value is -3.66. The summed E-state index contributed by atoms with van der Waals surface area (Å²) in [5, 5.41) is 21.5. The molecule has 0 unspecified atom stereocenters. The van der Waals surface area contributed by atoms with Crippen molar-refractivity contribution in [3.63, 3.8) is 0 Å². The number of anilines is 1. The summed E-state index contributed by atoms with van der Waals surface area (Å²) in [7, 11) is 0. The van der Waals surface area contributed by atoms with Crippen LogP contribution in [0.2, 0.25) is 0 Å². The Morgan fingerprint density at radius 3 is 2.48 bits per heavy atom. The number of carbonyl (C=O) groups is 2. The highest BCUT2D eigenvalue weighted by Crippen LogP contribution is 2.19. The third-order valence-corrected chi connectivity index (χ3v) is 4.62. The normalized spacial score (nSPS) is 10.4. The Labute approximate surface area is 168 Å². The molecule has 8 nitrogen and oxygen atoms in total. The van der Waals surface area contributed by atoms with Crippen molar-refractivity contribution in [3.8, 4) is 0 Å². The van der Waals surface area contributed by atoms with Gasteiger partial charge in [0.05, 0.1) is 10.7 Å². The van der Waals surface area contributed by atoms with Gasteiger partial charge in [-0.15, -0.1) is 10.2 Å². The minimum Gasteiger partial charge on any atom is -0.305 e. The van der Waals surface area contributed by atoms with Crippen LogP contribution in [0.4, 0.5) is 15.9 Å². The van der Waals surface area contributed by atoms with Crippen LogP contribution in [-0.2, 0) is 0 Å². The van der Waals surface area contributed by atoms with Crippen molar-refractivity contribution in [1.82, 2.24) is 10.2 Å². The molecule has 1 N–H and O–H groups in total. The molecule has 0 saturated carbocycles. The van der Waals surface area contributed by atoms with Crippen LogP contribution in [0.15, 0.2) is 65.7 Å². The summed E-state index contributed by atoms with van der Waals surface area (Å²) in [6.45, 7) is 0. The predicted molar refractivity (Wildman–Crippen MR) is 105 cm³/mol. The van der Waals surface area contributed by atoms with Gasteiger partial charge in [-0.25, -0.2) is 4.39 Å². The number of nitro groups is 1. The second-order valence-electron chi connectivity index (χ2n) is 5.74. The zero-order chi connectivity index (χ0) is 20.8. The smallest absolute Gasteiger partial charge is 0.270 e. The van der Waals surface area contributed by atoms with Gasteiger partial charge in [0.1, 0.15) is 10.8 Å². The Morgan fingerprint density at radius 1 is 1.03 bits per heavy atom. The van der Waals surface area contributed by atoms with Gasteiger partial charge in [0.2, 0.25) is 0 Å². The topological polar surface area (TPSA) is 115 Å². The molecule has 0 atom stereocenters. The fraction of sp³-hybridized carbons (Fsp3) is 0.0526. The van der Waals surface area contributed by atoms with Crippen molar-refractivity contribution in [3.05, 3.63) is 87.7 Å². The van der Waals surface area contributed by atoms with Gasteiger partial charge in [0, 0.05) is 23.3 Å². The van der Waals surface area contributed by atoms with Gasteiger partial charge < -0.3 is 5.32 Å². The molecule has 0 fully saturated rings. The van der Waals surface area contributed by atoms with Crippen LogP contribution in [0.25, 0.3) is 0 Å². The number of amides is 1. The molecule has 0 radical (unpaired) electrons. The maximum Gasteiger partial charge on any atom is 0.270 e. The highest BCUT2D eigenvalue weighted by Gasteiger charge is 2.13. The molecule has 2 aromatic carbocycles. The maximum atomic E-state index is 13.2. The minimum atomic E-state index is -0.563. The fourth-order valence-corrected chi connectivity index (χ4v) is 3.01. The van der Waals surface area contributed by atoms with Crippen LogP contribution < -0.4 is 5.32 Å². The van der Waals surface area contributed by atoms with Crippen molar-refractivity contribution in [2.24, 2.45) is 0 Å². The minimum absolute atomic E-state index is 0.0187. The van der Waals surface area contributed by atoms with E-state index < -0.39 is 16.6 Å². The average Bonchev–Trinajstić information content (AvgIpc) is 2.73. The number of ketones is 1. The van der Waals surface area contributed by atoms with Gasteiger partial charge in [-0.1, -0.05) is 30.0 Å². The quantitative estimate of drug-likeness (QED) is 0.272. The molecule has 3 rings (SSSR count). The van der Waals surface area contributed by atoms with E-state index in [9.17, 15) is 24.1 Å². The van der Waals surface area contributed by atoms with Gasteiger partial charge in [0.15, 0.2) is 11.6 Å². The molecule has 146 valence electrons. The number of nitrogens with one attached hydrogen (secondary N) is 1. The van der Waals surface area contributed by atoms with Crippen LogP contribution in [0, 0.1) is 15.9 Å². The summed E-state index contributed by atoms with van der Waals surface area (Å²) in [5.41, 5.74) is 0.227. The molecule has 3 aromatic rings. The van der Waals surface area contributed by atoms with E-state index in [1.807, 2.05) is 0 Å². The van der Waals surface area contributed by atoms with Crippen LogP contribution in [0.5, 0.6) is 0 Å². The van der Waals surface area contributed by atoms with Crippen LogP contribution in [0.3, 0.4) is 0 Å². The SMILES string of the molecule is O=C(CSc1ccc(NC(=O)c2cccc(F)c2)nn1)c1cccc([N+](=O)[O-])c1. The fourth-order valence-electron chi connectivity index (χ4n) is 2.30. The third-order valence-electron chi connectivity index (χ3n) is 3.70. The second-order valence-corrected chi connectivity index (χ2v) is 6.74. The van der Waals surface area contributed by atoms with E-state index in [1.54, 1.807) is 6.07 Å². The standard InChI is InChI=1S/C19H13FN4O4S/c20-14-5-1-4-13(9-14)19(26)21-17-7-8-18(23-22-17)29-11-16(25)12-3-2-6-15(10-12)24(27)28/h1-10H,11H2,(H,21,22,26). The molecule has 1 amide bonds. The summed E-state index contributed by atoms with van der Waals surface area (Å²) in [4.78, 5) is 34.5. The number of rotatable bonds is 7. The first-order valence-electron chi connectivity index (χ1n) is 8.23. The Balaban J connectivity index is 1.58. The summed E-state index contributed by atoms with van der Waals surface area (Å²) in [5.74, 6) is -1.15. The molecule has 1 aromatic heterocycles. The van der Waals surface area contributed by atoms with Crippen molar-refractivity contribution >= 4 is 35.0 Å². The van der Waals surface area contributed by atoms with Crippen LogP contribution in [0.1, 0.15) is 20.7 Å². The number of Topliss-reactive ketones (excluding diaryl/α,β-unsaturated/α-hetero) is 1. The molecule has 0 spiro atoms. The summed E-state index contributed by atoms with van der Waals surface area (Å²) in [6.07, 6.45) is 0. The number of benzene rings is 2. The molecule has 1 heterocycles. The Bertz CT molecular complexity index is 1080. The third kappa shape index (κ3) is 5.42. The van der Waals surface area contributed by atoms with Gasteiger partial charge in [-0.2, -0.15) is 0 Å².